The molecular formula is C11H18N2O2. The van der Waals surface area contributed by atoms with Crippen LogP contribution in [-0.4, -0.2) is 30.2 Å². The molecule has 15 heavy (non-hydrogen) atoms. The molecule has 0 aliphatic carbocycles. The largest absolute Gasteiger partial charge is 0.373 e. The van der Waals surface area contributed by atoms with E-state index in [9.17, 15) is 4.79 Å². The first kappa shape index (κ1) is 10.6. The fraction of sp³-hybridized carbons (Fsp3) is 0.727. The predicted octanol–water partition coefficient (Wildman–Crippen LogP) is 0.326. The minimum Gasteiger partial charge on any atom is -0.373 e. The topological polar surface area (TPSA) is 64.4 Å². The fourth-order valence-electron chi connectivity index (χ4n) is 2.37. The van der Waals surface area contributed by atoms with Gasteiger partial charge in [0.1, 0.15) is 0 Å². The van der Waals surface area contributed by atoms with Crippen molar-refractivity contribution in [2.24, 2.45) is 5.73 Å². The van der Waals surface area contributed by atoms with Gasteiger partial charge in [-0.25, -0.2) is 0 Å². The molecule has 0 spiro atoms. The number of nitrogens with one attached hydrogen (secondary N) is 1. The number of fused-ring (bicyclic) bond motifs is 2. The lowest BCUT2D eigenvalue weighted by Gasteiger charge is -2.21. The smallest absolute Gasteiger partial charge is 0.237 e. The van der Waals surface area contributed by atoms with E-state index in [1.165, 1.54) is 0 Å². The van der Waals surface area contributed by atoms with E-state index in [4.69, 9.17) is 10.5 Å². The summed E-state index contributed by atoms with van der Waals surface area (Å²) < 4.78 is 5.65. The Kier molecular flexibility index (Phi) is 3.07. The third-order valence-electron chi connectivity index (χ3n) is 3.19. The van der Waals surface area contributed by atoms with Gasteiger partial charge in [-0.3, -0.25) is 4.79 Å². The highest BCUT2D eigenvalue weighted by Gasteiger charge is 2.41. The van der Waals surface area contributed by atoms with Crippen LogP contribution in [0.4, 0.5) is 0 Å². The van der Waals surface area contributed by atoms with Crippen LogP contribution in [0.15, 0.2) is 12.7 Å². The Morgan fingerprint density at radius 3 is 3.00 bits per heavy atom. The van der Waals surface area contributed by atoms with Crippen LogP contribution in [0, 0.1) is 0 Å². The molecule has 4 atom stereocenters. The second-order valence-electron chi connectivity index (χ2n) is 4.36. The molecule has 0 aromatic heterocycles. The van der Waals surface area contributed by atoms with Crippen molar-refractivity contribution >= 4 is 5.91 Å². The molecule has 0 aromatic carbocycles. The number of amides is 1. The summed E-state index contributed by atoms with van der Waals surface area (Å²) in [6.45, 7) is 3.57. The van der Waals surface area contributed by atoms with Crippen molar-refractivity contribution in [1.29, 1.82) is 0 Å². The van der Waals surface area contributed by atoms with Crippen LogP contribution in [0.5, 0.6) is 0 Å². The third kappa shape index (κ3) is 2.21. The Bertz CT molecular complexity index is 267. The fourth-order valence-corrected chi connectivity index (χ4v) is 2.37. The normalized spacial score (nSPS) is 35.1. The van der Waals surface area contributed by atoms with Gasteiger partial charge in [-0.15, -0.1) is 6.58 Å². The SMILES string of the molecule is C=CCC(N)C(=O)NC1CC2CCC1O2. The maximum Gasteiger partial charge on any atom is 0.237 e. The predicted molar refractivity (Wildman–Crippen MR) is 57.2 cm³/mol. The van der Waals surface area contributed by atoms with Crippen molar-refractivity contribution in [3.8, 4) is 0 Å². The van der Waals surface area contributed by atoms with E-state index in [1.807, 2.05) is 0 Å². The lowest BCUT2D eigenvalue weighted by molar-refractivity contribution is -0.123. The molecular weight excluding hydrogens is 192 g/mol. The number of nitrogens with two attached hydrogens (primary N) is 1. The number of rotatable bonds is 4. The minimum atomic E-state index is -0.471. The van der Waals surface area contributed by atoms with Crippen molar-refractivity contribution in [3.05, 3.63) is 12.7 Å². The Hall–Kier alpha value is -0.870. The van der Waals surface area contributed by atoms with Crippen molar-refractivity contribution in [1.82, 2.24) is 5.32 Å². The highest BCUT2D eigenvalue weighted by atomic mass is 16.5. The highest BCUT2D eigenvalue weighted by molar-refractivity contribution is 5.82. The number of hydrogen-bond donors (Lipinski definition) is 2. The first-order valence-electron chi connectivity index (χ1n) is 5.53. The second-order valence-corrected chi connectivity index (χ2v) is 4.36. The summed E-state index contributed by atoms with van der Waals surface area (Å²) in [4.78, 5) is 11.6. The summed E-state index contributed by atoms with van der Waals surface area (Å²) in [5.74, 6) is -0.0870. The van der Waals surface area contributed by atoms with E-state index in [0.29, 0.717) is 12.5 Å². The first-order chi connectivity index (χ1) is 7.20. The van der Waals surface area contributed by atoms with E-state index in [-0.39, 0.29) is 18.1 Å². The lowest BCUT2D eigenvalue weighted by atomic mass is 9.95. The van der Waals surface area contributed by atoms with Gasteiger partial charge in [0, 0.05) is 0 Å². The van der Waals surface area contributed by atoms with Crippen molar-refractivity contribution in [3.63, 3.8) is 0 Å². The van der Waals surface area contributed by atoms with Crippen molar-refractivity contribution in [2.75, 3.05) is 0 Å². The van der Waals surface area contributed by atoms with E-state index in [2.05, 4.69) is 11.9 Å². The van der Waals surface area contributed by atoms with Crippen LogP contribution >= 0.6 is 0 Å². The Morgan fingerprint density at radius 1 is 1.67 bits per heavy atom. The quantitative estimate of drug-likeness (QED) is 0.657. The van der Waals surface area contributed by atoms with Gasteiger partial charge in [0.2, 0.25) is 5.91 Å². The molecule has 2 fully saturated rings. The van der Waals surface area contributed by atoms with E-state index >= 15 is 0 Å². The third-order valence-corrected chi connectivity index (χ3v) is 3.19. The minimum absolute atomic E-state index is 0.0870. The molecule has 84 valence electrons. The summed E-state index contributed by atoms with van der Waals surface area (Å²) in [5.41, 5.74) is 5.68. The van der Waals surface area contributed by atoms with Gasteiger partial charge < -0.3 is 15.8 Å². The number of carbonyl (C=O) groups is 1. The molecule has 4 heteroatoms. The summed E-state index contributed by atoms with van der Waals surface area (Å²) in [7, 11) is 0. The van der Waals surface area contributed by atoms with Crippen LogP contribution in [0.1, 0.15) is 25.7 Å². The molecule has 2 aliphatic heterocycles. The molecule has 2 bridgehead atoms. The standard InChI is InChI=1S/C11H18N2O2/c1-2-3-8(12)11(14)13-9-6-7-4-5-10(9)15-7/h2,7-10H,1,3-6,12H2,(H,13,14). The van der Waals surface area contributed by atoms with Crippen LogP contribution in [0.25, 0.3) is 0 Å². The second kappa shape index (κ2) is 4.33. The van der Waals surface area contributed by atoms with Crippen LogP contribution in [-0.2, 0) is 9.53 Å². The van der Waals surface area contributed by atoms with E-state index < -0.39 is 6.04 Å². The summed E-state index contributed by atoms with van der Waals surface area (Å²) in [6.07, 6.45) is 5.90. The monoisotopic (exact) mass is 210 g/mol. The van der Waals surface area contributed by atoms with Gasteiger partial charge in [-0.05, 0) is 25.7 Å². The van der Waals surface area contributed by atoms with Gasteiger partial charge in [0.05, 0.1) is 24.3 Å². The lowest BCUT2D eigenvalue weighted by Crippen LogP contribution is -2.48. The Morgan fingerprint density at radius 2 is 2.47 bits per heavy atom. The summed E-state index contributed by atoms with van der Waals surface area (Å²) in [6, 6.07) is -0.297. The van der Waals surface area contributed by atoms with E-state index in [0.717, 1.165) is 19.3 Å². The average molecular weight is 210 g/mol. The van der Waals surface area contributed by atoms with Gasteiger partial charge in [0.25, 0.3) is 0 Å². The van der Waals surface area contributed by atoms with Gasteiger partial charge in [0.15, 0.2) is 0 Å². The molecule has 2 saturated heterocycles. The van der Waals surface area contributed by atoms with Crippen molar-refractivity contribution in [2.45, 2.75) is 50.0 Å². The molecule has 1 amide bonds. The molecule has 2 heterocycles. The van der Waals surface area contributed by atoms with Gasteiger partial charge in [-0.1, -0.05) is 6.08 Å². The van der Waals surface area contributed by atoms with Gasteiger partial charge in [-0.2, -0.15) is 0 Å². The van der Waals surface area contributed by atoms with Crippen molar-refractivity contribution < 1.29 is 9.53 Å². The summed E-state index contributed by atoms with van der Waals surface area (Å²) >= 11 is 0. The number of hydrogen-bond acceptors (Lipinski definition) is 3. The Balaban J connectivity index is 1.82. The number of carbonyl (C=O) groups excluding carboxylic acids is 1. The van der Waals surface area contributed by atoms with E-state index in [1.54, 1.807) is 6.08 Å². The molecule has 4 nitrogen and oxygen atoms in total. The average Bonchev–Trinajstić information content (AvgIpc) is 2.79. The molecule has 2 aliphatic rings. The van der Waals surface area contributed by atoms with Crippen LogP contribution in [0.2, 0.25) is 0 Å². The summed E-state index contributed by atoms with van der Waals surface area (Å²) in [5, 5.41) is 2.96. The first-order valence-corrected chi connectivity index (χ1v) is 5.53. The number of ether oxygens (including phenoxy) is 1. The molecule has 4 unspecified atom stereocenters. The molecule has 0 saturated carbocycles. The zero-order chi connectivity index (χ0) is 10.8. The van der Waals surface area contributed by atoms with Gasteiger partial charge >= 0.3 is 0 Å². The highest BCUT2D eigenvalue weighted by Crippen LogP contribution is 2.34. The Labute approximate surface area is 89.9 Å². The molecule has 2 rings (SSSR count). The molecule has 0 aromatic rings. The zero-order valence-electron chi connectivity index (χ0n) is 8.82. The maximum absolute atomic E-state index is 11.6. The molecule has 0 radical (unpaired) electrons. The van der Waals surface area contributed by atoms with Crippen LogP contribution < -0.4 is 11.1 Å². The molecule has 3 N–H and O–H groups in total. The zero-order valence-corrected chi connectivity index (χ0v) is 8.82. The maximum atomic E-state index is 11.6. The van der Waals surface area contributed by atoms with Crippen LogP contribution in [0.3, 0.4) is 0 Å².